The lowest BCUT2D eigenvalue weighted by Gasteiger charge is -2.33. The minimum atomic E-state index is -0.636. The molecule has 1 aromatic carbocycles. The summed E-state index contributed by atoms with van der Waals surface area (Å²) < 4.78 is 13.2. The first-order valence-corrected chi connectivity index (χ1v) is 10.6. The highest BCUT2D eigenvalue weighted by molar-refractivity contribution is 7.16. The Balaban J connectivity index is 1.70. The third-order valence-corrected chi connectivity index (χ3v) is 6.33. The number of para-hydroxylation sites is 1. The molecule has 1 aromatic heterocycles. The average molecular weight is 414 g/mol. The van der Waals surface area contributed by atoms with Crippen LogP contribution in [0.1, 0.15) is 32.6 Å². The Hall–Kier alpha value is -2.74. The lowest BCUT2D eigenvalue weighted by atomic mass is 9.80. The lowest BCUT2D eigenvalue weighted by molar-refractivity contribution is -0.143. The molecule has 0 N–H and O–H groups in total. The van der Waals surface area contributed by atoms with Crippen molar-refractivity contribution in [3.05, 3.63) is 40.9 Å². The number of hydrogen-bond acceptors (Lipinski definition) is 6. The summed E-state index contributed by atoms with van der Waals surface area (Å²) >= 11 is 1.29. The van der Waals surface area contributed by atoms with Gasteiger partial charge in [0.25, 0.3) is 5.91 Å². The topological polar surface area (TPSA) is 87.0 Å². The van der Waals surface area contributed by atoms with Gasteiger partial charge in [-0.05, 0) is 38.3 Å². The molecular formula is C21H22N2O5S. The third-order valence-electron chi connectivity index (χ3n) is 5.27. The van der Waals surface area contributed by atoms with Gasteiger partial charge in [-0.3, -0.25) is 14.4 Å². The molecule has 2 aliphatic rings. The molecule has 2 unspecified atom stereocenters. The number of carbonyl (C=O) groups is 3. The van der Waals surface area contributed by atoms with E-state index in [1.165, 1.54) is 17.6 Å². The van der Waals surface area contributed by atoms with Crippen LogP contribution in [0.2, 0.25) is 0 Å². The molecule has 0 saturated heterocycles. The highest BCUT2D eigenvalue weighted by Crippen LogP contribution is 2.33. The van der Waals surface area contributed by atoms with Gasteiger partial charge in [-0.15, -0.1) is 0 Å². The molecule has 1 aliphatic carbocycles. The Bertz CT molecular complexity index is 1060. The van der Waals surface area contributed by atoms with Crippen molar-refractivity contribution in [3.63, 3.8) is 0 Å². The summed E-state index contributed by atoms with van der Waals surface area (Å²) in [5.74, 6) is -1.50. The smallest absolute Gasteiger partial charge is 0.326 e. The van der Waals surface area contributed by atoms with Crippen LogP contribution in [0, 0.1) is 5.92 Å². The molecular weight excluding hydrogens is 392 g/mol. The summed E-state index contributed by atoms with van der Waals surface area (Å²) in [6.45, 7) is 1.95. The maximum Gasteiger partial charge on any atom is 0.326 e. The number of rotatable bonds is 4. The van der Waals surface area contributed by atoms with Gasteiger partial charge in [-0.2, -0.15) is 4.99 Å². The van der Waals surface area contributed by atoms with Crippen LogP contribution in [0.5, 0.6) is 0 Å². The summed E-state index contributed by atoms with van der Waals surface area (Å²) in [5.41, 5.74) is 0.762. The molecule has 8 heteroatoms. The van der Waals surface area contributed by atoms with Crippen molar-refractivity contribution in [1.29, 1.82) is 0 Å². The molecule has 0 spiro atoms. The predicted octanol–water partition coefficient (Wildman–Crippen LogP) is 2.74. The number of esters is 1. The second-order valence-electron chi connectivity index (χ2n) is 7.12. The Morgan fingerprint density at radius 3 is 2.90 bits per heavy atom. The van der Waals surface area contributed by atoms with Crippen molar-refractivity contribution in [2.45, 2.75) is 45.3 Å². The van der Waals surface area contributed by atoms with E-state index in [2.05, 4.69) is 4.99 Å². The lowest BCUT2D eigenvalue weighted by Crippen LogP contribution is -2.38. The third kappa shape index (κ3) is 3.89. The number of Topliss-reactive ketones (excluding diaryl/α,β-unsaturated/α-hetero) is 1. The second-order valence-corrected chi connectivity index (χ2v) is 8.13. The van der Waals surface area contributed by atoms with E-state index in [-0.39, 0.29) is 36.5 Å². The van der Waals surface area contributed by atoms with Crippen LogP contribution in [0.25, 0.3) is 10.2 Å². The van der Waals surface area contributed by atoms with Crippen molar-refractivity contribution in [3.8, 4) is 0 Å². The van der Waals surface area contributed by atoms with Gasteiger partial charge >= 0.3 is 5.97 Å². The minimum Gasteiger partial charge on any atom is -0.496 e. The number of amides is 1. The maximum absolute atomic E-state index is 12.8. The second kappa shape index (κ2) is 8.32. The number of fused-ring (bicyclic) bond motifs is 2. The minimum absolute atomic E-state index is 0.0201. The molecule has 1 aliphatic heterocycles. The number of carbonyl (C=O) groups excluding carboxylic acids is 3. The quantitative estimate of drug-likeness (QED) is 0.567. The van der Waals surface area contributed by atoms with Gasteiger partial charge in [0.15, 0.2) is 10.6 Å². The van der Waals surface area contributed by atoms with E-state index in [1.54, 1.807) is 11.5 Å². The Kier molecular flexibility index (Phi) is 5.62. The Morgan fingerprint density at radius 2 is 2.07 bits per heavy atom. The highest BCUT2D eigenvalue weighted by Gasteiger charge is 2.39. The van der Waals surface area contributed by atoms with Crippen LogP contribution in [0.3, 0.4) is 0 Å². The fraction of sp³-hybridized carbons (Fsp3) is 0.429. The first-order chi connectivity index (χ1) is 14.1. The summed E-state index contributed by atoms with van der Waals surface area (Å²) in [6, 6.07) is 7.48. The Morgan fingerprint density at radius 1 is 1.28 bits per heavy atom. The van der Waals surface area contributed by atoms with Crippen LogP contribution in [0.15, 0.2) is 41.1 Å². The van der Waals surface area contributed by atoms with Crippen molar-refractivity contribution in [2.75, 3.05) is 6.61 Å². The molecule has 1 saturated carbocycles. The van der Waals surface area contributed by atoms with Crippen molar-refractivity contribution < 1.29 is 23.9 Å². The largest absolute Gasteiger partial charge is 0.496 e. The van der Waals surface area contributed by atoms with Crippen molar-refractivity contribution >= 4 is 39.2 Å². The van der Waals surface area contributed by atoms with Gasteiger partial charge in [-0.1, -0.05) is 29.9 Å². The highest BCUT2D eigenvalue weighted by atomic mass is 32.1. The zero-order valence-corrected chi connectivity index (χ0v) is 16.9. The van der Waals surface area contributed by atoms with Crippen LogP contribution in [0.4, 0.5) is 0 Å². The van der Waals surface area contributed by atoms with E-state index in [4.69, 9.17) is 9.47 Å². The van der Waals surface area contributed by atoms with E-state index in [9.17, 15) is 14.4 Å². The predicted molar refractivity (Wildman–Crippen MR) is 107 cm³/mol. The van der Waals surface area contributed by atoms with Crippen LogP contribution in [-0.4, -0.2) is 34.9 Å². The van der Waals surface area contributed by atoms with E-state index in [0.29, 0.717) is 4.80 Å². The van der Waals surface area contributed by atoms with E-state index in [0.717, 1.165) is 35.9 Å². The van der Waals surface area contributed by atoms with Crippen LogP contribution >= 0.6 is 11.3 Å². The number of aromatic nitrogens is 1. The van der Waals surface area contributed by atoms with Gasteiger partial charge in [0.1, 0.15) is 18.2 Å². The number of thiazole rings is 1. The molecule has 4 rings (SSSR count). The fourth-order valence-corrected chi connectivity index (χ4v) is 4.90. The molecule has 152 valence electrons. The summed E-state index contributed by atoms with van der Waals surface area (Å²) in [6.07, 6.45) is 4.70. The molecule has 7 nitrogen and oxygen atoms in total. The molecule has 2 atom stereocenters. The normalized spacial score (nSPS) is 22.0. The Labute approximate surface area is 171 Å². The van der Waals surface area contributed by atoms with Crippen LogP contribution in [-0.2, 0) is 30.4 Å². The van der Waals surface area contributed by atoms with E-state index >= 15 is 0 Å². The van der Waals surface area contributed by atoms with Gasteiger partial charge in [-0.25, -0.2) is 0 Å². The summed E-state index contributed by atoms with van der Waals surface area (Å²) in [5, 5.41) is 0. The molecule has 1 fully saturated rings. The number of nitrogens with zero attached hydrogens (tertiary/aromatic N) is 2. The number of ketones is 1. The first-order valence-electron chi connectivity index (χ1n) is 9.81. The standard InChI is InChI=1S/C21H22N2O5S/c1-2-27-18(24)11-23-15-8-4-6-10-17(15)29-21(23)22-20(26)14-12-28-16-9-5-3-7-13(16)19(14)25/h4,6,8,10,12-13,16H,2-3,5,7,9,11H2,1H3. The molecule has 2 heterocycles. The van der Waals surface area contributed by atoms with Gasteiger partial charge < -0.3 is 14.0 Å². The number of benzene rings is 1. The van der Waals surface area contributed by atoms with Gasteiger partial charge in [0, 0.05) is 0 Å². The molecule has 0 bridgehead atoms. The summed E-state index contributed by atoms with van der Waals surface area (Å²) in [7, 11) is 0. The number of ether oxygens (including phenoxy) is 2. The van der Waals surface area contributed by atoms with Crippen LogP contribution < -0.4 is 4.80 Å². The average Bonchev–Trinajstić information content (AvgIpc) is 3.05. The van der Waals surface area contributed by atoms with Crippen molar-refractivity contribution in [1.82, 2.24) is 4.57 Å². The van der Waals surface area contributed by atoms with E-state index in [1.807, 2.05) is 24.3 Å². The van der Waals surface area contributed by atoms with Crippen molar-refractivity contribution in [2.24, 2.45) is 10.9 Å². The monoisotopic (exact) mass is 414 g/mol. The molecule has 1 amide bonds. The molecule has 2 aromatic rings. The van der Waals surface area contributed by atoms with E-state index < -0.39 is 11.9 Å². The SMILES string of the molecule is CCOC(=O)Cn1c(=NC(=O)C2=COC3CCCCC3C2=O)sc2ccccc21. The molecule has 29 heavy (non-hydrogen) atoms. The number of hydrogen-bond donors (Lipinski definition) is 0. The fourth-order valence-electron chi connectivity index (χ4n) is 3.87. The van der Waals surface area contributed by atoms with Gasteiger partial charge in [0.05, 0.1) is 29.0 Å². The zero-order valence-electron chi connectivity index (χ0n) is 16.1. The first kappa shape index (κ1) is 19.6. The summed E-state index contributed by atoms with van der Waals surface area (Å²) in [4.78, 5) is 42.2. The maximum atomic E-state index is 12.8. The van der Waals surface area contributed by atoms with Gasteiger partial charge in [0.2, 0.25) is 0 Å². The zero-order chi connectivity index (χ0) is 20.4. The molecule has 0 radical (unpaired) electrons.